The number of nitro groups is 1. The van der Waals surface area contributed by atoms with Gasteiger partial charge in [0.05, 0.1) is 10.5 Å². The van der Waals surface area contributed by atoms with Crippen LogP contribution in [0.1, 0.15) is 36.0 Å². The second-order valence-corrected chi connectivity index (χ2v) is 6.88. The lowest BCUT2D eigenvalue weighted by Crippen LogP contribution is -2.24. The summed E-state index contributed by atoms with van der Waals surface area (Å²) in [5.74, 6) is -0.264. The Morgan fingerprint density at radius 1 is 1.10 bits per heavy atom. The van der Waals surface area contributed by atoms with Crippen LogP contribution in [0.2, 0.25) is 0 Å². The molecule has 1 aliphatic rings. The molecule has 3 rings (SSSR count). The summed E-state index contributed by atoms with van der Waals surface area (Å²) in [6.07, 6.45) is 5.39. The van der Waals surface area contributed by atoms with Crippen molar-refractivity contribution < 1.29 is 19.2 Å². The molecule has 29 heavy (non-hydrogen) atoms. The standard InChI is InChI=1S/C21H23N3O5/c25-14-16-13-19(24(27)28)9-10-20(16)29-15-21(26)22-17-5-7-18(8-6-17)23-11-3-1-2-4-12-23/h5-10,13-14H,1-4,11-12,15H2,(H,22,26). The second-order valence-electron chi connectivity index (χ2n) is 6.88. The first-order chi connectivity index (χ1) is 14.1. The van der Waals surface area contributed by atoms with E-state index in [0.29, 0.717) is 12.0 Å². The molecule has 0 saturated carbocycles. The maximum absolute atomic E-state index is 12.1. The number of benzene rings is 2. The lowest BCUT2D eigenvalue weighted by Gasteiger charge is -2.22. The van der Waals surface area contributed by atoms with Crippen molar-refractivity contribution in [2.75, 3.05) is 29.9 Å². The number of aldehydes is 1. The number of ether oxygens (including phenoxy) is 1. The summed E-state index contributed by atoms with van der Waals surface area (Å²) in [5, 5.41) is 13.5. The van der Waals surface area contributed by atoms with Gasteiger partial charge in [-0.3, -0.25) is 19.7 Å². The zero-order valence-electron chi connectivity index (χ0n) is 16.0. The SMILES string of the molecule is O=Cc1cc([N+](=O)[O-])ccc1OCC(=O)Nc1ccc(N2CCCCCC2)cc1. The smallest absolute Gasteiger partial charge is 0.270 e. The number of nitrogens with zero attached hydrogens (tertiary/aromatic N) is 2. The molecule has 1 N–H and O–H groups in total. The fourth-order valence-corrected chi connectivity index (χ4v) is 3.30. The third kappa shape index (κ3) is 5.54. The summed E-state index contributed by atoms with van der Waals surface area (Å²) in [6, 6.07) is 11.3. The fraction of sp³-hybridized carbons (Fsp3) is 0.333. The van der Waals surface area contributed by atoms with Crippen molar-refractivity contribution in [1.82, 2.24) is 0 Å². The predicted molar refractivity (Wildman–Crippen MR) is 110 cm³/mol. The molecule has 0 atom stereocenters. The van der Waals surface area contributed by atoms with Gasteiger partial charge in [-0.05, 0) is 43.2 Å². The van der Waals surface area contributed by atoms with E-state index in [1.165, 1.54) is 37.8 Å². The van der Waals surface area contributed by atoms with Gasteiger partial charge in [0.25, 0.3) is 11.6 Å². The average molecular weight is 397 g/mol. The quantitative estimate of drug-likeness (QED) is 0.433. The number of nitro benzene ring substituents is 1. The Labute approximate surface area is 168 Å². The van der Waals surface area contributed by atoms with Crippen LogP contribution in [0.15, 0.2) is 42.5 Å². The first kappa shape index (κ1) is 20.3. The Kier molecular flexibility index (Phi) is 6.78. The molecule has 1 amide bonds. The van der Waals surface area contributed by atoms with Crippen LogP contribution in [-0.2, 0) is 4.79 Å². The number of carbonyl (C=O) groups excluding carboxylic acids is 2. The molecule has 0 unspecified atom stereocenters. The van der Waals surface area contributed by atoms with Crippen LogP contribution in [0.25, 0.3) is 0 Å². The maximum Gasteiger partial charge on any atom is 0.270 e. The summed E-state index contributed by atoms with van der Waals surface area (Å²) in [6.45, 7) is 1.79. The first-order valence-electron chi connectivity index (χ1n) is 9.58. The molecule has 0 aliphatic carbocycles. The van der Waals surface area contributed by atoms with Gasteiger partial charge in [-0.1, -0.05) is 12.8 Å². The average Bonchev–Trinajstić information content (AvgIpc) is 3.02. The Bertz CT molecular complexity index is 874. The maximum atomic E-state index is 12.1. The molecule has 1 saturated heterocycles. The van der Waals surface area contributed by atoms with Crippen molar-refractivity contribution in [2.45, 2.75) is 25.7 Å². The van der Waals surface area contributed by atoms with Crippen LogP contribution in [0, 0.1) is 10.1 Å². The topological polar surface area (TPSA) is 102 Å². The molecule has 1 fully saturated rings. The van der Waals surface area contributed by atoms with Crippen LogP contribution in [0.3, 0.4) is 0 Å². The number of hydrogen-bond acceptors (Lipinski definition) is 6. The molecule has 8 heteroatoms. The zero-order chi connectivity index (χ0) is 20.6. The molecule has 0 aromatic heterocycles. The Balaban J connectivity index is 1.55. The van der Waals surface area contributed by atoms with Gasteiger partial charge in [0.2, 0.25) is 0 Å². The van der Waals surface area contributed by atoms with Crippen molar-refractivity contribution in [2.24, 2.45) is 0 Å². The summed E-state index contributed by atoms with van der Waals surface area (Å²) in [7, 11) is 0. The predicted octanol–water partition coefficient (Wildman–Crippen LogP) is 3.81. The minimum atomic E-state index is -0.598. The van der Waals surface area contributed by atoms with E-state index >= 15 is 0 Å². The molecule has 8 nitrogen and oxygen atoms in total. The highest BCUT2D eigenvalue weighted by molar-refractivity contribution is 5.92. The molecule has 2 aromatic rings. The van der Waals surface area contributed by atoms with E-state index in [0.717, 1.165) is 24.8 Å². The number of hydrogen-bond donors (Lipinski definition) is 1. The number of amides is 1. The molecule has 2 aromatic carbocycles. The minimum absolute atomic E-state index is 0.0220. The highest BCUT2D eigenvalue weighted by Crippen LogP contribution is 2.23. The molecular formula is C21H23N3O5. The second kappa shape index (κ2) is 9.68. The molecular weight excluding hydrogens is 374 g/mol. The van der Waals surface area contributed by atoms with Gasteiger partial charge >= 0.3 is 0 Å². The van der Waals surface area contributed by atoms with E-state index in [2.05, 4.69) is 10.2 Å². The lowest BCUT2D eigenvalue weighted by atomic mass is 10.2. The third-order valence-corrected chi connectivity index (χ3v) is 4.81. The van der Waals surface area contributed by atoms with Gasteiger partial charge in [0.1, 0.15) is 5.75 Å². The number of anilines is 2. The summed E-state index contributed by atoms with van der Waals surface area (Å²) in [5.41, 5.74) is 1.60. The number of carbonyl (C=O) groups is 2. The monoisotopic (exact) mass is 397 g/mol. The summed E-state index contributed by atoms with van der Waals surface area (Å²) >= 11 is 0. The normalized spacial score (nSPS) is 14.0. The van der Waals surface area contributed by atoms with Gasteiger partial charge < -0.3 is 15.0 Å². The Morgan fingerprint density at radius 2 is 1.79 bits per heavy atom. The van der Waals surface area contributed by atoms with Crippen LogP contribution in [0.4, 0.5) is 17.1 Å². The van der Waals surface area contributed by atoms with Gasteiger partial charge in [-0.2, -0.15) is 0 Å². The molecule has 0 bridgehead atoms. The Hall–Kier alpha value is -3.42. The highest BCUT2D eigenvalue weighted by Gasteiger charge is 2.13. The van der Waals surface area contributed by atoms with Crippen molar-refractivity contribution >= 4 is 29.3 Å². The highest BCUT2D eigenvalue weighted by atomic mass is 16.6. The summed E-state index contributed by atoms with van der Waals surface area (Å²) in [4.78, 5) is 35.8. The summed E-state index contributed by atoms with van der Waals surface area (Å²) < 4.78 is 5.36. The number of non-ortho nitro benzene ring substituents is 1. The Morgan fingerprint density at radius 3 is 2.41 bits per heavy atom. The van der Waals surface area contributed by atoms with Crippen LogP contribution in [-0.4, -0.2) is 36.8 Å². The largest absolute Gasteiger partial charge is 0.483 e. The van der Waals surface area contributed by atoms with Crippen molar-refractivity contribution in [3.63, 3.8) is 0 Å². The van der Waals surface area contributed by atoms with Gasteiger partial charge in [-0.15, -0.1) is 0 Å². The molecule has 0 radical (unpaired) electrons. The van der Waals surface area contributed by atoms with Gasteiger partial charge in [0.15, 0.2) is 12.9 Å². The van der Waals surface area contributed by atoms with Crippen LogP contribution in [0.5, 0.6) is 5.75 Å². The fourth-order valence-electron chi connectivity index (χ4n) is 3.30. The van der Waals surface area contributed by atoms with Crippen molar-refractivity contribution in [3.05, 3.63) is 58.1 Å². The van der Waals surface area contributed by atoms with Crippen LogP contribution >= 0.6 is 0 Å². The molecule has 1 aliphatic heterocycles. The zero-order valence-corrected chi connectivity index (χ0v) is 16.0. The molecule has 152 valence electrons. The molecule has 0 spiro atoms. The lowest BCUT2D eigenvalue weighted by molar-refractivity contribution is -0.384. The van der Waals surface area contributed by atoms with Crippen molar-refractivity contribution in [3.8, 4) is 5.75 Å². The van der Waals surface area contributed by atoms with E-state index in [1.807, 2.05) is 24.3 Å². The molecule has 1 heterocycles. The van der Waals surface area contributed by atoms with Gasteiger partial charge in [0, 0.05) is 36.6 Å². The number of rotatable bonds is 7. The van der Waals surface area contributed by atoms with E-state index < -0.39 is 4.92 Å². The minimum Gasteiger partial charge on any atom is -0.483 e. The van der Waals surface area contributed by atoms with E-state index in [-0.39, 0.29) is 29.5 Å². The van der Waals surface area contributed by atoms with Crippen molar-refractivity contribution in [1.29, 1.82) is 0 Å². The van der Waals surface area contributed by atoms with Gasteiger partial charge in [-0.25, -0.2) is 0 Å². The van der Waals surface area contributed by atoms with E-state index in [4.69, 9.17) is 4.74 Å². The first-order valence-corrected chi connectivity index (χ1v) is 9.58. The van der Waals surface area contributed by atoms with Crippen LogP contribution < -0.4 is 15.0 Å². The third-order valence-electron chi connectivity index (χ3n) is 4.81. The van der Waals surface area contributed by atoms with E-state index in [1.54, 1.807) is 0 Å². The number of nitrogens with one attached hydrogen (secondary N) is 1. The van der Waals surface area contributed by atoms with E-state index in [9.17, 15) is 19.7 Å².